The van der Waals surface area contributed by atoms with E-state index in [1.54, 1.807) is 42.2 Å². The van der Waals surface area contributed by atoms with Gasteiger partial charge in [0.2, 0.25) is 11.5 Å². The second-order valence-corrected chi connectivity index (χ2v) is 9.18. The number of carbonyl (C=O) groups is 2. The molecule has 8 nitrogen and oxygen atoms in total. The fraction of sp³-hybridized carbons (Fsp3) is 0.231. The van der Waals surface area contributed by atoms with Crippen molar-refractivity contribution >= 4 is 28.4 Å². The number of aromatic nitrogens is 3. The van der Waals surface area contributed by atoms with E-state index in [0.717, 1.165) is 12.1 Å². The van der Waals surface area contributed by atoms with Crippen molar-refractivity contribution in [2.24, 2.45) is 7.05 Å². The third-order valence-electron chi connectivity index (χ3n) is 6.46. The topological polar surface area (TPSA) is 89.2 Å². The summed E-state index contributed by atoms with van der Waals surface area (Å²) in [6.45, 7) is 0.417. The van der Waals surface area contributed by atoms with Gasteiger partial charge in [-0.2, -0.15) is 13.9 Å². The van der Waals surface area contributed by atoms with Crippen LogP contribution in [0.2, 0.25) is 0 Å². The summed E-state index contributed by atoms with van der Waals surface area (Å²) in [5.74, 6) is -7.72. The van der Waals surface area contributed by atoms with Crippen molar-refractivity contribution < 1.29 is 27.2 Å². The van der Waals surface area contributed by atoms with Crippen LogP contribution in [0, 0.1) is 11.6 Å². The standard InChI is InChI=1S/C26H21F4N5O3/c1-26(29,30)25(38)32-20-11-23(37)34(24(20)18-6-3-15(27)10-19(18)28)16-4-7-21-14(9-16)12-31-35(21)17-5-8-22(36)33(2)13-17/h3-10,12-13,20,24H,11H2,1-2H3,(H,32,38)/t20-,24+/m1/s1. The molecule has 1 aliphatic rings. The number of anilines is 1. The zero-order valence-corrected chi connectivity index (χ0v) is 20.2. The predicted octanol–water partition coefficient (Wildman–Crippen LogP) is 3.62. The Labute approximate surface area is 213 Å². The summed E-state index contributed by atoms with van der Waals surface area (Å²) in [6, 6.07) is 8.19. The molecule has 2 amide bonds. The van der Waals surface area contributed by atoms with Gasteiger partial charge in [0.15, 0.2) is 0 Å². The normalized spacial score (nSPS) is 17.8. The van der Waals surface area contributed by atoms with E-state index in [1.807, 2.05) is 0 Å². The van der Waals surface area contributed by atoms with E-state index in [9.17, 15) is 31.9 Å². The molecule has 196 valence electrons. The minimum Gasteiger partial charge on any atom is -0.345 e. The molecule has 2 aromatic heterocycles. The van der Waals surface area contributed by atoms with Crippen molar-refractivity contribution in [1.29, 1.82) is 0 Å². The molecule has 0 bridgehead atoms. The second-order valence-electron chi connectivity index (χ2n) is 9.18. The number of alkyl halides is 2. The minimum absolute atomic E-state index is 0.136. The van der Waals surface area contributed by atoms with Crippen LogP contribution in [0.15, 0.2) is 65.7 Å². The third kappa shape index (κ3) is 4.42. The van der Waals surface area contributed by atoms with E-state index in [4.69, 9.17) is 0 Å². The second kappa shape index (κ2) is 9.12. The quantitative estimate of drug-likeness (QED) is 0.402. The lowest BCUT2D eigenvalue weighted by Gasteiger charge is -2.30. The summed E-state index contributed by atoms with van der Waals surface area (Å²) in [5, 5.41) is 7.11. The smallest absolute Gasteiger partial charge is 0.321 e. The van der Waals surface area contributed by atoms with Gasteiger partial charge in [-0.15, -0.1) is 0 Å². The van der Waals surface area contributed by atoms with Crippen molar-refractivity contribution in [3.63, 3.8) is 0 Å². The van der Waals surface area contributed by atoms with Gasteiger partial charge in [-0.1, -0.05) is 6.07 Å². The van der Waals surface area contributed by atoms with E-state index in [0.29, 0.717) is 35.3 Å². The Morgan fingerprint density at radius 3 is 2.47 bits per heavy atom. The van der Waals surface area contributed by atoms with Crippen LogP contribution < -0.4 is 15.8 Å². The molecular weight excluding hydrogens is 506 g/mol. The third-order valence-corrected chi connectivity index (χ3v) is 6.46. The molecule has 1 saturated heterocycles. The van der Waals surface area contributed by atoms with Crippen molar-refractivity contribution in [2.45, 2.75) is 31.4 Å². The molecule has 1 N–H and O–H groups in total. The Kier molecular flexibility index (Phi) is 6.04. The van der Waals surface area contributed by atoms with Crippen LogP contribution in [0.3, 0.4) is 0 Å². The number of rotatable bonds is 5. The van der Waals surface area contributed by atoms with E-state index < -0.39 is 41.5 Å². The first-order valence-corrected chi connectivity index (χ1v) is 11.5. The number of carbonyl (C=O) groups excluding carboxylic acids is 2. The van der Waals surface area contributed by atoms with Gasteiger partial charge in [-0.05, 0) is 30.3 Å². The number of hydrogen-bond acceptors (Lipinski definition) is 4. The number of benzene rings is 2. The van der Waals surface area contributed by atoms with Gasteiger partial charge < -0.3 is 14.8 Å². The molecule has 0 radical (unpaired) electrons. The van der Waals surface area contributed by atoms with E-state index in [2.05, 4.69) is 10.4 Å². The van der Waals surface area contributed by atoms with E-state index in [-0.39, 0.29) is 17.5 Å². The first-order chi connectivity index (χ1) is 17.9. The van der Waals surface area contributed by atoms with Crippen LogP contribution in [-0.2, 0) is 16.6 Å². The largest absolute Gasteiger partial charge is 0.345 e. The average molecular weight is 527 g/mol. The summed E-state index contributed by atoms with van der Waals surface area (Å²) in [6.07, 6.45) is 2.77. The van der Waals surface area contributed by atoms with Crippen LogP contribution in [-0.4, -0.2) is 38.1 Å². The highest BCUT2D eigenvalue weighted by Gasteiger charge is 2.46. The van der Waals surface area contributed by atoms with Gasteiger partial charge >= 0.3 is 5.92 Å². The SMILES string of the molecule is Cn1cc(-n2ncc3cc(N4C(=O)C[C@@H](NC(=O)C(C)(F)F)[C@@H]4c4ccc(F)cc4F)ccc32)ccc1=O. The number of hydrogen-bond donors (Lipinski definition) is 1. The molecule has 0 saturated carbocycles. The van der Waals surface area contributed by atoms with Crippen LogP contribution in [0.25, 0.3) is 16.6 Å². The van der Waals surface area contributed by atoms with E-state index in [1.165, 1.54) is 21.7 Å². The number of aryl methyl sites for hydroxylation is 1. The molecule has 1 fully saturated rings. The summed E-state index contributed by atoms with van der Waals surface area (Å²) in [5.41, 5.74) is 1.22. The predicted molar refractivity (Wildman–Crippen MR) is 130 cm³/mol. The van der Waals surface area contributed by atoms with Crippen molar-refractivity contribution in [3.05, 3.63) is 88.5 Å². The lowest BCUT2D eigenvalue weighted by molar-refractivity contribution is -0.143. The molecule has 2 atom stereocenters. The van der Waals surface area contributed by atoms with Gasteiger partial charge in [0.1, 0.15) is 11.6 Å². The van der Waals surface area contributed by atoms with Gasteiger partial charge in [-0.3, -0.25) is 14.4 Å². The highest BCUT2D eigenvalue weighted by atomic mass is 19.3. The summed E-state index contributed by atoms with van der Waals surface area (Å²) in [7, 11) is 1.60. The van der Waals surface area contributed by atoms with Gasteiger partial charge in [0.05, 0.1) is 29.5 Å². The van der Waals surface area contributed by atoms with Crippen LogP contribution in [0.4, 0.5) is 23.2 Å². The number of halogens is 4. The molecule has 12 heteroatoms. The zero-order chi connectivity index (χ0) is 27.4. The Balaban J connectivity index is 1.58. The maximum Gasteiger partial charge on any atom is 0.321 e. The van der Waals surface area contributed by atoms with Gasteiger partial charge in [0.25, 0.3) is 5.91 Å². The zero-order valence-electron chi connectivity index (χ0n) is 20.2. The highest BCUT2D eigenvalue weighted by molar-refractivity contribution is 6.00. The minimum atomic E-state index is -3.73. The van der Waals surface area contributed by atoms with Gasteiger partial charge in [0, 0.05) is 55.4 Å². The molecular formula is C26H21F4N5O3. The number of nitrogens with zero attached hydrogens (tertiary/aromatic N) is 4. The molecule has 2 aromatic carbocycles. The fourth-order valence-corrected chi connectivity index (χ4v) is 4.64. The Bertz CT molecular complexity index is 1640. The fourth-order valence-electron chi connectivity index (χ4n) is 4.64. The first-order valence-electron chi connectivity index (χ1n) is 11.5. The number of fused-ring (bicyclic) bond motifs is 1. The van der Waals surface area contributed by atoms with Crippen LogP contribution >= 0.6 is 0 Å². The van der Waals surface area contributed by atoms with Crippen LogP contribution in [0.1, 0.15) is 24.9 Å². The maximum atomic E-state index is 14.9. The van der Waals surface area contributed by atoms with Crippen molar-refractivity contribution in [2.75, 3.05) is 4.90 Å². The monoisotopic (exact) mass is 527 g/mol. The Morgan fingerprint density at radius 2 is 1.79 bits per heavy atom. The average Bonchev–Trinajstić information content (AvgIpc) is 3.40. The molecule has 0 spiro atoms. The molecule has 4 aromatic rings. The lowest BCUT2D eigenvalue weighted by Crippen LogP contribution is -2.46. The van der Waals surface area contributed by atoms with Crippen molar-refractivity contribution in [1.82, 2.24) is 19.7 Å². The highest BCUT2D eigenvalue weighted by Crippen LogP contribution is 2.40. The Hall–Kier alpha value is -4.48. The molecule has 38 heavy (non-hydrogen) atoms. The Morgan fingerprint density at radius 1 is 1.05 bits per heavy atom. The molecule has 1 aliphatic heterocycles. The van der Waals surface area contributed by atoms with E-state index >= 15 is 0 Å². The molecule has 3 heterocycles. The first kappa shape index (κ1) is 25.2. The number of amides is 2. The lowest BCUT2D eigenvalue weighted by atomic mass is 9.98. The number of pyridine rings is 1. The summed E-state index contributed by atoms with van der Waals surface area (Å²) in [4.78, 5) is 38.2. The van der Waals surface area contributed by atoms with Gasteiger partial charge in [-0.25, -0.2) is 13.5 Å². The molecule has 0 unspecified atom stereocenters. The summed E-state index contributed by atoms with van der Waals surface area (Å²) >= 11 is 0. The maximum absolute atomic E-state index is 14.9. The molecule has 0 aliphatic carbocycles. The summed E-state index contributed by atoms with van der Waals surface area (Å²) < 4.78 is 58.8. The number of nitrogens with one attached hydrogen (secondary N) is 1. The molecule has 5 rings (SSSR count). The van der Waals surface area contributed by atoms with Crippen molar-refractivity contribution in [3.8, 4) is 5.69 Å². The van der Waals surface area contributed by atoms with Crippen LogP contribution in [0.5, 0.6) is 0 Å².